The standard InChI is InChI=1S/C15H25NOS/c1-14(2,13-6-5-9-18-13)11-16-12-7-8-17-15(3,4)10-12/h5-6,9,12,16H,7-8,10-11H2,1-4H3. The average Bonchev–Trinajstić information content (AvgIpc) is 2.79. The molecule has 3 heteroatoms. The summed E-state index contributed by atoms with van der Waals surface area (Å²) >= 11 is 1.85. The molecular weight excluding hydrogens is 242 g/mol. The van der Waals surface area contributed by atoms with Crippen molar-refractivity contribution in [2.45, 2.75) is 57.6 Å². The molecule has 1 aliphatic rings. The lowest BCUT2D eigenvalue weighted by Gasteiger charge is -2.37. The van der Waals surface area contributed by atoms with Crippen LogP contribution >= 0.6 is 11.3 Å². The molecule has 0 saturated carbocycles. The molecule has 1 saturated heterocycles. The van der Waals surface area contributed by atoms with Crippen LogP contribution in [0.4, 0.5) is 0 Å². The van der Waals surface area contributed by atoms with Gasteiger partial charge in [0, 0.05) is 29.5 Å². The van der Waals surface area contributed by atoms with E-state index in [9.17, 15) is 0 Å². The van der Waals surface area contributed by atoms with Crippen molar-refractivity contribution in [1.82, 2.24) is 5.32 Å². The summed E-state index contributed by atoms with van der Waals surface area (Å²) in [6.07, 6.45) is 2.23. The molecule has 1 aliphatic heterocycles. The number of rotatable bonds is 4. The van der Waals surface area contributed by atoms with Gasteiger partial charge in [-0.2, -0.15) is 0 Å². The predicted octanol–water partition coefficient (Wildman–Crippen LogP) is 3.57. The van der Waals surface area contributed by atoms with E-state index in [0.29, 0.717) is 6.04 Å². The minimum absolute atomic E-state index is 0.0307. The Morgan fingerprint density at radius 3 is 2.89 bits per heavy atom. The van der Waals surface area contributed by atoms with Crippen LogP contribution in [0, 0.1) is 0 Å². The van der Waals surface area contributed by atoms with Crippen molar-refractivity contribution in [2.24, 2.45) is 0 Å². The second-order valence-corrected chi connectivity index (χ2v) is 7.49. The van der Waals surface area contributed by atoms with Gasteiger partial charge >= 0.3 is 0 Å². The average molecular weight is 267 g/mol. The lowest BCUT2D eigenvalue weighted by molar-refractivity contribution is -0.0632. The highest BCUT2D eigenvalue weighted by Crippen LogP contribution is 2.28. The zero-order valence-corrected chi connectivity index (χ0v) is 12.8. The van der Waals surface area contributed by atoms with Gasteiger partial charge in [-0.25, -0.2) is 0 Å². The zero-order valence-electron chi connectivity index (χ0n) is 12.0. The maximum absolute atomic E-state index is 5.76. The summed E-state index contributed by atoms with van der Waals surface area (Å²) in [5.74, 6) is 0. The fourth-order valence-electron chi connectivity index (χ4n) is 2.56. The highest BCUT2D eigenvalue weighted by molar-refractivity contribution is 7.10. The van der Waals surface area contributed by atoms with Crippen LogP contribution in [0.5, 0.6) is 0 Å². The number of ether oxygens (including phenoxy) is 1. The van der Waals surface area contributed by atoms with Gasteiger partial charge in [-0.1, -0.05) is 19.9 Å². The minimum atomic E-state index is 0.0307. The fraction of sp³-hybridized carbons (Fsp3) is 0.733. The Morgan fingerprint density at radius 2 is 2.28 bits per heavy atom. The first kappa shape index (κ1) is 14.0. The molecule has 0 bridgehead atoms. The van der Waals surface area contributed by atoms with Gasteiger partial charge in [0.15, 0.2) is 0 Å². The van der Waals surface area contributed by atoms with Crippen LogP contribution in [0.2, 0.25) is 0 Å². The first-order valence-electron chi connectivity index (χ1n) is 6.80. The Bertz CT molecular complexity index is 370. The number of nitrogens with one attached hydrogen (secondary N) is 1. The van der Waals surface area contributed by atoms with Gasteiger partial charge in [0.1, 0.15) is 0 Å². The van der Waals surface area contributed by atoms with Crippen molar-refractivity contribution >= 4 is 11.3 Å². The highest BCUT2D eigenvalue weighted by Gasteiger charge is 2.30. The van der Waals surface area contributed by atoms with Crippen LogP contribution in [0.3, 0.4) is 0 Å². The Labute approximate surface area is 115 Å². The lowest BCUT2D eigenvalue weighted by atomic mass is 9.89. The second-order valence-electron chi connectivity index (χ2n) is 6.54. The molecule has 1 fully saturated rings. The summed E-state index contributed by atoms with van der Waals surface area (Å²) < 4.78 is 5.76. The van der Waals surface area contributed by atoms with E-state index in [1.165, 1.54) is 4.88 Å². The summed E-state index contributed by atoms with van der Waals surface area (Å²) in [7, 11) is 0. The van der Waals surface area contributed by atoms with Crippen molar-refractivity contribution in [3.05, 3.63) is 22.4 Å². The molecule has 1 aromatic heterocycles. The molecule has 18 heavy (non-hydrogen) atoms. The number of hydrogen-bond donors (Lipinski definition) is 1. The molecule has 1 unspecified atom stereocenters. The van der Waals surface area contributed by atoms with Gasteiger partial charge in [0.05, 0.1) is 5.60 Å². The maximum atomic E-state index is 5.76. The van der Waals surface area contributed by atoms with Gasteiger partial charge < -0.3 is 10.1 Å². The predicted molar refractivity (Wildman–Crippen MR) is 78.4 cm³/mol. The number of thiophene rings is 1. The summed E-state index contributed by atoms with van der Waals surface area (Å²) in [6.45, 7) is 10.9. The summed E-state index contributed by atoms with van der Waals surface area (Å²) in [5.41, 5.74) is 0.250. The Hall–Kier alpha value is -0.380. The monoisotopic (exact) mass is 267 g/mol. The summed E-state index contributed by atoms with van der Waals surface area (Å²) in [4.78, 5) is 1.46. The molecule has 1 aromatic rings. The van der Waals surface area contributed by atoms with Gasteiger partial charge in [-0.15, -0.1) is 11.3 Å². The molecule has 102 valence electrons. The largest absolute Gasteiger partial charge is 0.375 e. The molecule has 0 aromatic carbocycles. The van der Waals surface area contributed by atoms with Crippen molar-refractivity contribution in [1.29, 1.82) is 0 Å². The minimum Gasteiger partial charge on any atom is -0.375 e. The molecule has 2 nitrogen and oxygen atoms in total. The van der Waals surface area contributed by atoms with Gasteiger partial charge in [0.2, 0.25) is 0 Å². The first-order valence-corrected chi connectivity index (χ1v) is 7.68. The SMILES string of the molecule is CC1(C)CC(NCC(C)(C)c2cccs2)CCO1. The molecule has 0 radical (unpaired) electrons. The molecule has 0 spiro atoms. The molecule has 2 rings (SSSR count). The van der Waals surface area contributed by atoms with E-state index in [-0.39, 0.29) is 11.0 Å². The molecule has 0 amide bonds. The van der Waals surface area contributed by atoms with Crippen molar-refractivity contribution < 1.29 is 4.74 Å². The summed E-state index contributed by atoms with van der Waals surface area (Å²) in [5, 5.41) is 5.89. The van der Waals surface area contributed by atoms with E-state index in [2.05, 4.69) is 50.5 Å². The third-order valence-corrected chi connectivity index (χ3v) is 4.95. The third-order valence-electron chi connectivity index (χ3n) is 3.72. The van der Waals surface area contributed by atoms with Crippen LogP contribution in [0.1, 0.15) is 45.4 Å². The second kappa shape index (κ2) is 5.32. The van der Waals surface area contributed by atoms with E-state index < -0.39 is 0 Å². The Balaban J connectivity index is 1.88. The van der Waals surface area contributed by atoms with Crippen LogP contribution < -0.4 is 5.32 Å². The summed E-state index contributed by atoms with van der Waals surface area (Å²) in [6, 6.07) is 4.97. The van der Waals surface area contributed by atoms with Gasteiger partial charge in [0.25, 0.3) is 0 Å². The fourth-order valence-corrected chi connectivity index (χ4v) is 3.41. The van der Waals surface area contributed by atoms with Crippen molar-refractivity contribution in [2.75, 3.05) is 13.2 Å². The van der Waals surface area contributed by atoms with Crippen LogP contribution in [-0.4, -0.2) is 24.8 Å². The van der Waals surface area contributed by atoms with Crippen molar-refractivity contribution in [3.63, 3.8) is 0 Å². The first-order chi connectivity index (χ1) is 8.39. The normalized spacial score (nSPS) is 24.1. The van der Waals surface area contributed by atoms with Crippen LogP contribution in [0.25, 0.3) is 0 Å². The van der Waals surface area contributed by atoms with E-state index in [0.717, 1.165) is 26.0 Å². The van der Waals surface area contributed by atoms with E-state index in [1.54, 1.807) is 0 Å². The molecule has 2 heterocycles. The van der Waals surface area contributed by atoms with E-state index in [1.807, 2.05) is 11.3 Å². The van der Waals surface area contributed by atoms with Crippen LogP contribution in [-0.2, 0) is 10.2 Å². The Kier molecular flexibility index (Phi) is 4.15. The Morgan fingerprint density at radius 1 is 1.50 bits per heavy atom. The topological polar surface area (TPSA) is 21.3 Å². The molecule has 0 aliphatic carbocycles. The van der Waals surface area contributed by atoms with Gasteiger partial charge in [-0.3, -0.25) is 0 Å². The quantitative estimate of drug-likeness (QED) is 0.900. The molecular formula is C15H25NOS. The van der Waals surface area contributed by atoms with Crippen LogP contribution in [0.15, 0.2) is 17.5 Å². The lowest BCUT2D eigenvalue weighted by Crippen LogP contribution is -2.46. The van der Waals surface area contributed by atoms with Gasteiger partial charge in [-0.05, 0) is 38.1 Å². The molecule has 1 N–H and O–H groups in total. The highest BCUT2D eigenvalue weighted by atomic mass is 32.1. The zero-order chi connectivity index (χ0) is 13.2. The maximum Gasteiger partial charge on any atom is 0.0641 e. The molecule has 1 atom stereocenters. The third kappa shape index (κ3) is 3.56. The van der Waals surface area contributed by atoms with Crippen molar-refractivity contribution in [3.8, 4) is 0 Å². The number of hydrogen-bond acceptors (Lipinski definition) is 3. The smallest absolute Gasteiger partial charge is 0.0641 e. The van der Waals surface area contributed by atoms with E-state index >= 15 is 0 Å². The van der Waals surface area contributed by atoms with E-state index in [4.69, 9.17) is 4.74 Å².